The van der Waals surface area contributed by atoms with Crippen LogP contribution in [0.15, 0.2) is 40.9 Å². The van der Waals surface area contributed by atoms with Crippen LogP contribution in [0.1, 0.15) is 33.1 Å². The zero-order valence-corrected chi connectivity index (χ0v) is 16.8. The van der Waals surface area contributed by atoms with Gasteiger partial charge in [-0.2, -0.15) is 0 Å². The van der Waals surface area contributed by atoms with Crippen molar-refractivity contribution in [3.05, 3.63) is 63.1 Å². The van der Waals surface area contributed by atoms with Gasteiger partial charge in [-0.05, 0) is 35.9 Å². The van der Waals surface area contributed by atoms with E-state index in [4.69, 9.17) is 15.2 Å². The predicted octanol–water partition coefficient (Wildman–Crippen LogP) is 3.82. The summed E-state index contributed by atoms with van der Waals surface area (Å²) in [5.41, 5.74) is 10.4. The number of pyridine rings is 1. The number of hydrogen-bond donors (Lipinski definition) is 1. The number of fused-ring (bicyclic) bond motifs is 4. The van der Waals surface area contributed by atoms with Gasteiger partial charge in [0.15, 0.2) is 0 Å². The molecule has 142 valence electrons. The molecule has 28 heavy (non-hydrogen) atoms. The van der Waals surface area contributed by atoms with E-state index < -0.39 is 0 Å². The van der Waals surface area contributed by atoms with E-state index in [2.05, 4.69) is 20.9 Å². The number of hydrogen-bond acceptors (Lipinski definition) is 5. The first kappa shape index (κ1) is 17.5. The second kappa shape index (κ2) is 6.46. The summed E-state index contributed by atoms with van der Waals surface area (Å²) in [6.07, 6.45) is 0. The van der Waals surface area contributed by atoms with E-state index in [-0.39, 0.29) is 11.9 Å². The van der Waals surface area contributed by atoms with Crippen LogP contribution < -0.4 is 10.5 Å². The molecule has 0 saturated heterocycles. The maximum atomic E-state index is 13.2. The van der Waals surface area contributed by atoms with Crippen molar-refractivity contribution in [2.75, 3.05) is 19.4 Å². The fourth-order valence-electron chi connectivity index (χ4n) is 3.94. The fraction of sp³-hybridized carbons (Fsp3) is 0.238. The quantitative estimate of drug-likeness (QED) is 0.656. The minimum atomic E-state index is -0.120. The zero-order chi connectivity index (χ0) is 19.4. The molecule has 2 aliphatic heterocycles. The molecule has 2 N–H and O–H groups in total. The summed E-state index contributed by atoms with van der Waals surface area (Å²) in [4.78, 5) is 19.4. The molecule has 1 amide bonds. The van der Waals surface area contributed by atoms with Crippen LogP contribution in [-0.4, -0.2) is 29.4 Å². The van der Waals surface area contributed by atoms with Crippen molar-refractivity contribution in [1.29, 1.82) is 0 Å². The van der Waals surface area contributed by atoms with Gasteiger partial charge in [-0.25, -0.2) is 4.98 Å². The van der Waals surface area contributed by atoms with Crippen LogP contribution in [0.4, 0.5) is 5.82 Å². The number of halogens is 1. The summed E-state index contributed by atoms with van der Waals surface area (Å²) < 4.78 is 12.3. The third kappa shape index (κ3) is 2.65. The molecule has 2 aromatic carbocycles. The number of nitrogens with two attached hydrogens (primary N) is 1. The maximum Gasteiger partial charge on any atom is 0.254 e. The van der Waals surface area contributed by atoms with Gasteiger partial charge in [-0.1, -0.05) is 22.0 Å². The first-order valence-electron chi connectivity index (χ1n) is 9.01. The van der Waals surface area contributed by atoms with E-state index in [1.165, 1.54) is 0 Å². The highest BCUT2D eigenvalue weighted by molar-refractivity contribution is 9.10. The van der Waals surface area contributed by atoms with Gasteiger partial charge in [0.25, 0.3) is 5.91 Å². The molecule has 6 nitrogen and oxygen atoms in total. The SMILES string of the molecule is CN(C(=O)c1ccc2nc(N)c3c(c2c1)COC3)[C@H]1COc2cc(Br)ccc21. The molecular weight excluding hydrogens is 422 g/mol. The minimum absolute atomic E-state index is 0.0595. The van der Waals surface area contributed by atoms with Gasteiger partial charge in [0, 0.05) is 33.6 Å². The molecule has 2 aliphatic rings. The predicted molar refractivity (Wildman–Crippen MR) is 109 cm³/mol. The van der Waals surface area contributed by atoms with Crippen molar-refractivity contribution in [3.63, 3.8) is 0 Å². The number of aromatic nitrogens is 1. The highest BCUT2D eigenvalue weighted by Crippen LogP contribution is 2.38. The molecule has 0 fully saturated rings. The molecule has 1 aromatic heterocycles. The van der Waals surface area contributed by atoms with Crippen molar-refractivity contribution < 1.29 is 14.3 Å². The van der Waals surface area contributed by atoms with Gasteiger partial charge >= 0.3 is 0 Å². The average molecular weight is 440 g/mol. The number of amides is 1. The molecule has 0 radical (unpaired) electrons. The molecule has 7 heteroatoms. The Morgan fingerprint density at radius 3 is 2.89 bits per heavy atom. The number of likely N-dealkylation sites (N-methyl/N-ethyl adjacent to an activating group) is 1. The molecule has 5 rings (SSSR count). The first-order chi connectivity index (χ1) is 13.5. The van der Waals surface area contributed by atoms with Gasteiger partial charge in [-0.15, -0.1) is 0 Å². The lowest BCUT2D eigenvalue weighted by atomic mass is 10.0. The summed E-state index contributed by atoms with van der Waals surface area (Å²) in [7, 11) is 1.81. The highest BCUT2D eigenvalue weighted by atomic mass is 79.9. The monoisotopic (exact) mass is 439 g/mol. The van der Waals surface area contributed by atoms with Gasteiger partial charge in [-0.3, -0.25) is 4.79 Å². The van der Waals surface area contributed by atoms with E-state index in [0.717, 1.165) is 37.8 Å². The normalized spacial score (nSPS) is 17.3. The maximum absolute atomic E-state index is 13.2. The summed E-state index contributed by atoms with van der Waals surface area (Å²) in [5, 5.41) is 0.924. The van der Waals surface area contributed by atoms with Crippen LogP contribution in [0.3, 0.4) is 0 Å². The highest BCUT2D eigenvalue weighted by Gasteiger charge is 2.31. The Balaban J connectivity index is 1.51. The lowest BCUT2D eigenvalue weighted by Gasteiger charge is -2.24. The van der Waals surface area contributed by atoms with Crippen LogP contribution >= 0.6 is 15.9 Å². The van der Waals surface area contributed by atoms with Gasteiger partial charge in [0.1, 0.15) is 18.2 Å². The van der Waals surface area contributed by atoms with E-state index in [0.29, 0.717) is 31.2 Å². The number of carbonyl (C=O) groups is 1. The van der Waals surface area contributed by atoms with E-state index in [1.54, 1.807) is 11.0 Å². The zero-order valence-electron chi connectivity index (χ0n) is 15.2. The fourth-order valence-corrected chi connectivity index (χ4v) is 4.28. The number of ether oxygens (including phenoxy) is 2. The van der Waals surface area contributed by atoms with Crippen molar-refractivity contribution in [2.45, 2.75) is 19.3 Å². The van der Waals surface area contributed by atoms with Gasteiger partial charge in [0.05, 0.1) is 24.8 Å². The third-order valence-electron chi connectivity index (χ3n) is 5.49. The Morgan fingerprint density at radius 1 is 1.21 bits per heavy atom. The van der Waals surface area contributed by atoms with Crippen LogP contribution in [0, 0.1) is 0 Å². The number of benzene rings is 2. The molecule has 1 atom stereocenters. The Kier molecular flexibility index (Phi) is 4.03. The largest absolute Gasteiger partial charge is 0.491 e. The third-order valence-corrected chi connectivity index (χ3v) is 5.99. The summed E-state index contributed by atoms with van der Waals surface area (Å²) >= 11 is 3.45. The average Bonchev–Trinajstić information content (AvgIpc) is 3.34. The molecule has 0 unspecified atom stereocenters. The van der Waals surface area contributed by atoms with Crippen LogP contribution in [0.25, 0.3) is 10.9 Å². The minimum Gasteiger partial charge on any atom is -0.491 e. The Morgan fingerprint density at radius 2 is 2.04 bits per heavy atom. The summed E-state index contributed by atoms with van der Waals surface area (Å²) in [6, 6.07) is 11.3. The number of anilines is 1. The molecule has 0 bridgehead atoms. The lowest BCUT2D eigenvalue weighted by molar-refractivity contribution is 0.0708. The van der Waals surface area contributed by atoms with E-state index >= 15 is 0 Å². The van der Waals surface area contributed by atoms with Crippen LogP contribution in [-0.2, 0) is 18.0 Å². The second-order valence-electron chi connectivity index (χ2n) is 7.10. The second-order valence-corrected chi connectivity index (χ2v) is 8.02. The molecule has 0 spiro atoms. The molecule has 3 aromatic rings. The number of nitrogen functional groups attached to an aromatic ring is 1. The molecule has 0 aliphatic carbocycles. The standard InChI is InChI=1S/C21H18BrN3O3/c1-25(18-10-28-19-7-12(22)3-4-13(18)19)21(26)11-2-5-17-14(6-11)15-8-27-9-16(15)20(23)24-17/h2-7,18H,8-10H2,1H3,(H2,23,24)/t18-/m0/s1. The molecule has 3 heterocycles. The van der Waals surface area contributed by atoms with Crippen LogP contribution in [0.2, 0.25) is 0 Å². The summed E-state index contributed by atoms with van der Waals surface area (Å²) in [5.74, 6) is 1.25. The van der Waals surface area contributed by atoms with Gasteiger partial charge < -0.3 is 20.1 Å². The van der Waals surface area contributed by atoms with Crippen molar-refractivity contribution in [1.82, 2.24) is 9.88 Å². The molecular formula is C21H18BrN3O3. The lowest BCUT2D eigenvalue weighted by Crippen LogP contribution is -2.32. The smallest absolute Gasteiger partial charge is 0.254 e. The van der Waals surface area contributed by atoms with Crippen molar-refractivity contribution in [2.24, 2.45) is 0 Å². The van der Waals surface area contributed by atoms with E-state index in [9.17, 15) is 4.79 Å². The molecule has 0 saturated carbocycles. The van der Waals surface area contributed by atoms with Crippen LogP contribution in [0.5, 0.6) is 5.75 Å². The Labute approximate surface area is 170 Å². The number of nitrogens with zero attached hydrogens (tertiary/aromatic N) is 2. The number of carbonyl (C=O) groups excluding carboxylic acids is 1. The van der Waals surface area contributed by atoms with Crippen molar-refractivity contribution >= 4 is 38.6 Å². The Bertz CT molecular complexity index is 1130. The van der Waals surface area contributed by atoms with Gasteiger partial charge in [0.2, 0.25) is 0 Å². The first-order valence-corrected chi connectivity index (χ1v) is 9.80. The van der Waals surface area contributed by atoms with Crippen molar-refractivity contribution in [3.8, 4) is 5.75 Å². The number of rotatable bonds is 2. The summed E-state index contributed by atoms with van der Waals surface area (Å²) in [6.45, 7) is 1.40. The van der Waals surface area contributed by atoms with E-state index in [1.807, 2.05) is 37.4 Å². The topological polar surface area (TPSA) is 77.7 Å². The Hall–Kier alpha value is -2.64.